The molecule has 1 aliphatic heterocycles. The second-order valence-electron chi connectivity index (χ2n) is 3.81. The van der Waals surface area contributed by atoms with Crippen molar-refractivity contribution in [2.24, 2.45) is 0 Å². The molecule has 1 N–H and O–H groups in total. The van der Waals surface area contributed by atoms with Gasteiger partial charge < -0.3 is 10.0 Å². The Balaban J connectivity index is 2.01. The number of aliphatic hydroxyl groups excluding tert-OH is 1. The van der Waals surface area contributed by atoms with Gasteiger partial charge in [0.1, 0.15) is 0 Å². The van der Waals surface area contributed by atoms with Gasteiger partial charge in [-0.25, -0.2) is 0 Å². The molecular formula is C12H15NO2. The molecule has 0 saturated heterocycles. The summed E-state index contributed by atoms with van der Waals surface area (Å²) in [6, 6.07) is 7.74. The Hall–Kier alpha value is -1.35. The smallest absolute Gasteiger partial charge is 0.254 e. The van der Waals surface area contributed by atoms with Gasteiger partial charge >= 0.3 is 0 Å². The third-order valence-corrected chi connectivity index (χ3v) is 2.73. The van der Waals surface area contributed by atoms with Crippen LogP contribution in [0.25, 0.3) is 0 Å². The molecule has 3 heteroatoms. The molecule has 0 aliphatic carbocycles. The number of hydrogen-bond donors (Lipinski definition) is 1. The molecule has 0 spiro atoms. The second kappa shape index (κ2) is 4.45. The van der Waals surface area contributed by atoms with Gasteiger partial charge in [0.2, 0.25) is 0 Å². The van der Waals surface area contributed by atoms with E-state index in [0.717, 1.165) is 37.1 Å². The first-order valence-corrected chi connectivity index (χ1v) is 5.31. The fourth-order valence-electron chi connectivity index (χ4n) is 1.91. The number of aliphatic hydroxyl groups is 1. The zero-order chi connectivity index (χ0) is 10.7. The summed E-state index contributed by atoms with van der Waals surface area (Å²) in [5.74, 6) is 0.128. The topological polar surface area (TPSA) is 40.5 Å². The van der Waals surface area contributed by atoms with Crippen LogP contribution in [0.3, 0.4) is 0 Å². The molecule has 1 aliphatic rings. The van der Waals surface area contributed by atoms with Crippen molar-refractivity contribution in [3.63, 3.8) is 0 Å². The largest absolute Gasteiger partial charge is 0.396 e. The molecule has 2 rings (SSSR count). The number of amides is 1. The van der Waals surface area contributed by atoms with Crippen molar-refractivity contribution < 1.29 is 9.90 Å². The molecule has 0 atom stereocenters. The lowest BCUT2D eigenvalue weighted by Crippen LogP contribution is -2.25. The van der Waals surface area contributed by atoms with E-state index >= 15 is 0 Å². The van der Waals surface area contributed by atoms with Crippen LogP contribution in [0.15, 0.2) is 24.3 Å². The van der Waals surface area contributed by atoms with Crippen molar-refractivity contribution in [3.8, 4) is 0 Å². The third-order valence-electron chi connectivity index (χ3n) is 2.73. The summed E-state index contributed by atoms with van der Waals surface area (Å²) in [6.07, 6.45) is 1.64. The first kappa shape index (κ1) is 10.2. The number of unbranched alkanes of at least 4 members (excludes halogenated alkanes) is 1. The van der Waals surface area contributed by atoms with Crippen LogP contribution in [0, 0.1) is 0 Å². The van der Waals surface area contributed by atoms with E-state index < -0.39 is 0 Å². The van der Waals surface area contributed by atoms with Crippen LogP contribution >= 0.6 is 0 Å². The van der Waals surface area contributed by atoms with Gasteiger partial charge in [0.25, 0.3) is 5.91 Å². The van der Waals surface area contributed by atoms with E-state index in [0.29, 0.717) is 0 Å². The molecule has 15 heavy (non-hydrogen) atoms. The molecular weight excluding hydrogens is 190 g/mol. The van der Waals surface area contributed by atoms with Gasteiger partial charge in [-0.15, -0.1) is 0 Å². The Labute approximate surface area is 89.3 Å². The van der Waals surface area contributed by atoms with E-state index in [2.05, 4.69) is 0 Å². The van der Waals surface area contributed by atoms with Crippen LogP contribution in [0.5, 0.6) is 0 Å². The van der Waals surface area contributed by atoms with Crippen LogP contribution < -0.4 is 0 Å². The summed E-state index contributed by atoms with van der Waals surface area (Å²) in [5, 5.41) is 8.68. The molecule has 1 heterocycles. The number of carbonyl (C=O) groups excluding carboxylic acids is 1. The van der Waals surface area contributed by atoms with Gasteiger partial charge in [-0.3, -0.25) is 4.79 Å². The minimum atomic E-state index is 0.128. The Bertz CT molecular complexity index is 362. The van der Waals surface area contributed by atoms with Crippen LogP contribution in [-0.4, -0.2) is 29.1 Å². The highest BCUT2D eigenvalue weighted by atomic mass is 16.3. The number of benzene rings is 1. The Morgan fingerprint density at radius 3 is 2.80 bits per heavy atom. The van der Waals surface area contributed by atoms with Crippen molar-refractivity contribution in [3.05, 3.63) is 35.4 Å². The quantitative estimate of drug-likeness (QED) is 0.755. The van der Waals surface area contributed by atoms with Crippen LogP contribution in [0.4, 0.5) is 0 Å². The second-order valence-corrected chi connectivity index (χ2v) is 3.81. The maximum Gasteiger partial charge on any atom is 0.254 e. The zero-order valence-corrected chi connectivity index (χ0v) is 8.65. The first-order valence-electron chi connectivity index (χ1n) is 5.31. The monoisotopic (exact) mass is 205 g/mol. The minimum Gasteiger partial charge on any atom is -0.396 e. The molecule has 0 radical (unpaired) electrons. The molecule has 1 aromatic carbocycles. The molecule has 0 aromatic heterocycles. The Kier molecular flexibility index (Phi) is 3.02. The van der Waals surface area contributed by atoms with Crippen molar-refractivity contribution in [2.45, 2.75) is 19.4 Å². The van der Waals surface area contributed by atoms with Crippen molar-refractivity contribution in [1.29, 1.82) is 0 Å². The van der Waals surface area contributed by atoms with Gasteiger partial charge in [0, 0.05) is 25.3 Å². The Morgan fingerprint density at radius 2 is 2.07 bits per heavy atom. The van der Waals surface area contributed by atoms with Crippen molar-refractivity contribution in [2.75, 3.05) is 13.2 Å². The van der Waals surface area contributed by atoms with Crippen molar-refractivity contribution >= 4 is 5.91 Å². The molecule has 80 valence electrons. The van der Waals surface area contributed by atoms with Crippen LogP contribution in [0.2, 0.25) is 0 Å². The summed E-state index contributed by atoms with van der Waals surface area (Å²) < 4.78 is 0. The molecule has 0 unspecified atom stereocenters. The SMILES string of the molecule is O=C1c2ccccc2CN1CCCCO. The summed E-state index contributed by atoms with van der Waals surface area (Å²) in [7, 11) is 0. The highest BCUT2D eigenvalue weighted by molar-refractivity contribution is 5.98. The van der Waals surface area contributed by atoms with Gasteiger partial charge in [-0.2, -0.15) is 0 Å². The lowest BCUT2D eigenvalue weighted by atomic mass is 10.1. The fourth-order valence-corrected chi connectivity index (χ4v) is 1.91. The van der Waals surface area contributed by atoms with E-state index in [9.17, 15) is 4.79 Å². The number of fused-ring (bicyclic) bond motifs is 1. The lowest BCUT2D eigenvalue weighted by molar-refractivity contribution is 0.0773. The van der Waals surface area contributed by atoms with E-state index in [4.69, 9.17) is 5.11 Å². The molecule has 1 aromatic rings. The number of nitrogens with zero attached hydrogens (tertiary/aromatic N) is 1. The first-order chi connectivity index (χ1) is 7.33. The third kappa shape index (κ3) is 2.02. The van der Waals surface area contributed by atoms with Crippen molar-refractivity contribution in [1.82, 2.24) is 4.90 Å². The van der Waals surface area contributed by atoms with E-state index in [1.54, 1.807) is 0 Å². The van der Waals surface area contributed by atoms with Crippen LogP contribution in [-0.2, 0) is 6.54 Å². The highest BCUT2D eigenvalue weighted by Crippen LogP contribution is 2.22. The average Bonchev–Trinajstić information content (AvgIpc) is 2.57. The molecule has 0 saturated carbocycles. The number of rotatable bonds is 4. The van der Waals surface area contributed by atoms with E-state index in [1.165, 1.54) is 0 Å². The van der Waals surface area contributed by atoms with Crippen LogP contribution in [0.1, 0.15) is 28.8 Å². The van der Waals surface area contributed by atoms with E-state index in [1.807, 2.05) is 29.2 Å². The number of hydrogen-bond acceptors (Lipinski definition) is 2. The maximum absolute atomic E-state index is 11.9. The number of carbonyl (C=O) groups is 1. The lowest BCUT2D eigenvalue weighted by Gasteiger charge is -2.14. The molecule has 0 bridgehead atoms. The highest BCUT2D eigenvalue weighted by Gasteiger charge is 2.25. The van der Waals surface area contributed by atoms with Gasteiger partial charge in [0.05, 0.1) is 0 Å². The van der Waals surface area contributed by atoms with Gasteiger partial charge in [-0.05, 0) is 24.5 Å². The summed E-state index contributed by atoms with van der Waals surface area (Å²) in [6.45, 7) is 1.67. The normalized spacial score (nSPS) is 14.5. The maximum atomic E-state index is 11.9. The average molecular weight is 205 g/mol. The molecule has 1 amide bonds. The fraction of sp³-hybridized carbons (Fsp3) is 0.417. The van der Waals surface area contributed by atoms with E-state index in [-0.39, 0.29) is 12.5 Å². The van der Waals surface area contributed by atoms with Gasteiger partial charge in [0.15, 0.2) is 0 Å². The molecule has 3 nitrogen and oxygen atoms in total. The summed E-state index contributed by atoms with van der Waals surface area (Å²) in [5.41, 5.74) is 1.95. The minimum absolute atomic E-state index is 0.128. The Morgan fingerprint density at radius 1 is 1.27 bits per heavy atom. The standard InChI is InChI=1S/C12H15NO2/c14-8-4-3-7-13-9-10-5-1-2-6-11(10)12(13)15/h1-2,5-6,14H,3-4,7-9H2. The summed E-state index contributed by atoms with van der Waals surface area (Å²) >= 11 is 0. The zero-order valence-electron chi connectivity index (χ0n) is 8.65. The predicted octanol–water partition coefficient (Wildman–Crippen LogP) is 1.41. The summed E-state index contributed by atoms with van der Waals surface area (Å²) in [4.78, 5) is 13.7. The molecule has 0 fully saturated rings. The predicted molar refractivity (Wildman–Crippen MR) is 57.5 cm³/mol. The van der Waals surface area contributed by atoms with Gasteiger partial charge in [-0.1, -0.05) is 18.2 Å².